The van der Waals surface area contributed by atoms with Gasteiger partial charge in [0.1, 0.15) is 16.3 Å². The minimum Gasteiger partial charge on any atom is -0.349 e. The first-order valence-corrected chi connectivity index (χ1v) is 8.75. The highest BCUT2D eigenvalue weighted by atomic mass is 79.9. The molecule has 1 aliphatic rings. The predicted octanol–water partition coefficient (Wildman–Crippen LogP) is 2.94. The van der Waals surface area contributed by atoms with Gasteiger partial charge in [-0.1, -0.05) is 0 Å². The summed E-state index contributed by atoms with van der Waals surface area (Å²) in [7, 11) is 0.637. The summed E-state index contributed by atoms with van der Waals surface area (Å²) in [5, 5.41) is 2.44. The number of halogens is 4. The van der Waals surface area contributed by atoms with Crippen LogP contribution in [0.15, 0.2) is 15.4 Å². The van der Waals surface area contributed by atoms with Crippen molar-refractivity contribution in [2.24, 2.45) is 0 Å². The fourth-order valence-corrected chi connectivity index (χ4v) is 4.17. The van der Waals surface area contributed by atoms with E-state index in [1.165, 1.54) is 0 Å². The molecule has 4 nitrogen and oxygen atoms in total. The molecule has 1 fully saturated rings. The van der Waals surface area contributed by atoms with E-state index in [2.05, 4.69) is 21.2 Å². The minimum atomic E-state index is -4.45. The van der Waals surface area contributed by atoms with Gasteiger partial charge in [0.15, 0.2) is 5.82 Å². The number of hydrogen-bond donors (Lipinski definition) is 1. The number of amides is 1. The summed E-state index contributed by atoms with van der Waals surface area (Å²) in [5.41, 5.74) is -0.945. The van der Waals surface area contributed by atoms with E-state index in [0.717, 1.165) is 19.3 Å². The summed E-state index contributed by atoms with van der Waals surface area (Å²) in [4.78, 5) is 10.9. The number of carbonyl (C=O) groups is 1. The first kappa shape index (κ1) is 15.7. The average molecular weight is 389 g/mol. The van der Waals surface area contributed by atoms with E-state index in [0.29, 0.717) is 6.07 Å². The highest BCUT2D eigenvalue weighted by Crippen LogP contribution is 2.32. The number of carbonyl (C=O) groups excluding carboxylic acids is 1. The summed E-state index contributed by atoms with van der Waals surface area (Å²) in [5.74, 6) is -3.64. The molecule has 1 aliphatic carbocycles. The van der Waals surface area contributed by atoms with E-state index in [1.54, 1.807) is 0 Å². The van der Waals surface area contributed by atoms with E-state index in [-0.39, 0.29) is 10.5 Å². The minimum absolute atomic E-state index is 0.138. The Kier molecular flexibility index (Phi) is 4.36. The van der Waals surface area contributed by atoms with Crippen LogP contribution in [0.2, 0.25) is 0 Å². The molecule has 20 heavy (non-hydrogen) atoms. The lowest BCUT2D eigenvalue weighted by molar-refractivity contribution is 0.0907. The Morgan fingerprint density at radius 3 is 2.45 bits per heavy atom. The van der Waals surface area contributed by atoms with Gasteiger partial charge in [0.05, 0.1) is 0 Å². The second-order valence-corrected chi connectivity index (χ2v) is 7.75. The third kappa shape index (κ3) is 2.96. The van der Waals surface area contributed by atoms with Crippen LogP contribution >= 0.6 is 26.6 Å². The van der Waals surface area contributed by atoms with E-state index in [9.17, 15) is 22.0 Å². The summed E-state index contributed by atoms with van der Waals surface area (Å²) in [6.07, 6.45) is 2.38. The van der Waals surface area contributed by atoms with Crippen LogP contribution in [0.3, 0.4) is 0 Å². The molecule has 0 atom stereocenters. The van der Waals surface area contributed by atoms with Crippen molar-refractivity contribution in [3.63, 3.8) is 0 Å². The van der Waals surface area contributed by atoms with Crippen molar-refractivity contribution in [3.05, 3.63) is 27.7 Å². The average Bonchev–Trinajstić information content (AvgIpc) is 2.20. The Morgan fingerprint density at radius 1 is 1.40 bits per heavy atom. The van der Waals surface area contributed by atoms with Gasteiger partial charge < -0.3 is 5.32 Å². The van der Waals surface area contributed by atoms with Gasteiger partial charge in [0, 0.05) is 21.2 Å². The number of nitrogens with one attached hydrogen (secondary N) is 1. The highest BCUT2D eigenvalue weighted by molar-refractivity contribution is 9.10. The molecular formula is C11H9BrClF2NO3S. The Labute approximate surface area is 127 Å². The number of benzene rings is 1. The lowest BCUT2D eigenvalue weighted by Gasteiger charge is -2.26. The first-order chi connectivity index (χ1) is 9.21. The molecule has 0 radical (unpaired) electrons. The van der Waals surface area contributed by atoms with Crippen LogP contribution in [0.25, 0.3) is 0 Å². The summed E-state index contributed by atoms with van der Waals surface area (Å²) < 4.78 is 50.1. The predicted molar refractivity (Wildman–Crippen MR) is 72.2 cm³/mol. The molecular weight excluding hydrogens is 380 g/mol. The molecule has 0 aromatic heterocycles. The summed E-state index contributed by atoms with van der Waals surface area (Å²) in [6.45, 7) is 0. The van der Waals surface area contributed by atoms with Gasteiger partial charge in [-0.25, -0.2) is 17.2 Å². The molecule has 110 valence electrons. The Morgan fingerprint density at radius 2 is 2.00 bits per heavy atom. The molecule has 0 aliphatic heterocycles. The molecule has 0 saturated heterocycles. The van der Waals surface area contributed by atoms with Crippen molar-refractivity contribution in [3.8, 4) is 0 Å². The lowest BCUT2D eigenvalue weighted by Crippen LogP contribution is -2.40. The Hall–Kier alpha value is -0.730. The van der Waals surface area contributed by atoms with Crippen molar-refractivity contribution >= 4 is 41.6 Å². The van der Waals surface area contributed by atoms with Crippen LogP contribution in [-0.4, -0.2) is 20.4 Å². The van der Waals surface area contributed by atoms with Crippen molar-refractivity contribution in [2.45, 2.75) is 30.2 Å². The zero-order valence-electron chi connectivity index (χ0n) is 9.92. The third-order valence-corrected chi connectivity index (χ3v) is 5.28. The Bertz CT molecular complexity index is 677. The number of rotatable bonds is 3. The van der Waals surface area contributed by atoms with E-state index >= 15 is 0 Å². The van der Waals surface area contributed by atoms with Crippen molar-refractivity contribution in [2.75, 3.05) is 0 Å². The van der Waals surface area contributed by atoms with Crippen LogP contribution in [0, 0.1) is 11.6 Å². The van der Waals surface area contributed by atoms with Crippen LogP contribution in [-0.2, 0) is 9.05 Å². The standard InChI is InChI=1S/C11H9BrClF2NO3S/c12-6-4-7(14)8(9(15)10(6)20(13,18)19)11(17)16-5-2-1-3-5/h4-5H,1-3H2,(H,16,17). The normalized spacial score (nSPS) is 15.8. The molecule has 9 heteroatoms. The molecule has 2 rings (SSSR count). The van der Waals surface area contributed by atoms with Gasteiger partial charge in [-0.05, 0) is 41.3 Å². The third-order valence-electron chi connectivity index (χ3n) is 3.04. The quantitative estimate of drug-likeness (QED) is 0.810. The monoisotopic (exact) mass is 387 g/mol. The smallest absolute Gasteiger partial charge is 0.265 e. The zero-order valence-corrected chi connectivity index (χ0v) is 13.1. The van der Waals surface area contributed by atoms with Gasteiger partial charge in [-0.15, -0.1) is 0 Å². The summed E-state index contributed by atoms with van der Waals surface area (Å²) >= 11 is 2.72. The molecule has 0 unspecified atom stereocenters. The maximum atomic E-state index is 14.1. The fraction of sp³-hybridized carbons (Fsp3) is 0.364. The van der Waals surface area contributed by atoms with Crippen LogP contribution in [0.5, 0.6) is 0 Å². The first-order valence-electron chi connectivity index (χ1n) is 5.65. The van der Waals surface area contributed by atoms with Crippen molar-refractivity contribution in [1.82, 2.24) is 5.32 Å². The maximum Gasteiger partial charge on any atom is 0.265 e. The second kappa shape index (κ2) is 5.57. The largest absolute Gasteiger partial charge is 0.349 e. The molecule has 1 N–H and O–H groups in total. The van der Waals surface area contributed by atoms with Crippen LogP contribution < -0.4 is 5.32 Å². The molecule has 0 bridgehead atoms. The molecule has 1 aromatic rings. The van der Waals surface area contributed by atoms with E-state index in [1.807, 2.05) is 0 Å². The second-order valence-electron chi connectivity index (χ2n) is 4.40. The highest BCUT2D eigenvalue weighted by Gasteiger charge is 2.30. The fourth-order valence-electron chi connectivity index (χ4n) is 1.81. The lowest BCUT2D eigenvalue weighted by atomic mass is 9.93. The molecule has 0 heterocycles. The van der Waals surface area contributed by atoms with Crippen molar-refractivity contribution in [1.29, 1.82) is 0 Å². The molecule has 1 amide bonds. The van der Waals surface area contributed by atoms with Gasteiger partial charge in [0.2, 0.25) is 0 Å². The van der Waals surface area contributed by atoms with Crippen molar-refractivity contribution < 1.29 is 22.0 Å². The number of hydrogen-bond acceptors (Lipinski definition) is 3. The zero-order chi connectivity index (χ0) is 15.1. The molecule has 1 saturated carbocycles. The summed E-state index contributed by atoms with van der Waals surface area (Å²) in [6, 6.07) is 0.564. The van der Waals surface area contributed by atoms with Crippen LogP contribution in [0.1, 0.15) is 29.6 Å². The van der Waals surface area contributed by atoms with E-state index < -0.39 is 37.1 Å². The van der Waals surface area contributed by atoms with Gasteiger partial charge in [0.25, 0.3) is 15.0 Å². The van der Waals surface area contributed by atoms with Gasteiger partial charge in [-0.2, -0.15) is 0 Å². The SMILES string of the molecule is O=C(NC1CCC1)c1c(F)cc(Br)c(S(=O)(=O)Cl)c1F. The van der Waals surface area contributed by atoms with Gasteiger partial charge >= 0.3 is 0 Å². The van der Waals surface area contributed by atoms with E-state index in [4.69, 9.17) is 10.7 Å². The topological polar surface area (TPSA) is 63.2 Å². The van der Waals surface area contributed by atoms with Gasteiger partial charge in [-0.3, -0.25) is 4.79 Å². The Balaban J connectivity index is 2.49. The maximum absolute atomic E-state index is 14.1. The molecule has 0 spiro atoms. The van der Waals surface area contributed by atoms with Crippen LogP contribution in [0.4, 0.5) is 8.78 Å². The molecule has 1 aromatic carbocycles.